The Morgan fingerprint density at radius 2 is 1.68 bits per heavy atom. The van der Waals surface area contributed by atoms with Gasteiger partial charge in [0, 0.05) is 17.8 Å². The smallest absolute Gasteiger partial charge is 0.442 e. The lowest BCUT2D eigenvalue weighted by molar-refractivity contribution is -0.704. The monoisotopic (exact) mass is 434 g/mol. The molecule has 0 saturated heterocycles. The number of amides is 1. The highest BCUT2D eigenvalue weighted by atomic mass is 32.2. The van der Waals surface area contributed by atoms with Gasteiger partial charge in [-0.3, -0.25) is 9.32 Å². The number of para-hydroxylation sites is 1. The van der Waals surface area contributed by atoms with Crippen LogP contribution in [0.5, 0.6) is 11.5 Å². The van der Waals surface area contributed by atoms with Gasteiger partial charge in [-0.25, -0.2) is 4.79 Å². The molecule has 1 heterocycles. The SMILES string of the molecule is Cc1ccc(-[n+]2[nH]oc(=O)c2SCC(=O)Nc2ccc(Oc3ccccc3)cc2)cc1. The molecule has 3 aromatic carbocycles. The topological polar surface area (TPSA) is 88.2 Å². The van der Waals surface area contributed by atoms with Crippen molar-refractivity contribution in [1.82, 2.24) is 5.27 Å². The van der Waals surface area contributed by atoms with Crippen molar-refractivity contribution in [3.63, 3.8) is 0 Å². The second-order valence-electron chi connectivity index (χ2n) is 6.73. The summed E-state index contributed by atoms with van der Waals surface area (Å²) in [5, 5.41) is 5.68. The molecular formula is C23H20N3O4S+. The van der Waals surface area contributed by atoms with Crippen molar-refractivity contribution < 1.29 is 18.7 Å². The van der Waals surface area contributed by atoms with Crippen molar-refractivity contribution in [3.8, 4) is 17.2 Å². The molecule has 0 bridgehead atoms. The van der Waals surface area contributed by atoms with E-state index in [1.807, 2.05) is 61.5 Å². The van der Waals surface area contributed by atoms with Crippen molar-refractivity contribution >= 4 is 23.4 Å². The maximum Gasteiger partial charge on any atom is 0.442 e. The molecule has 0 aliphatic heterocycles. The van der Waals surface area contributed by atoms with E-state index in [1.54, 1.807) is 24.3 Å². The zero-order chi connectivity index (χ0) is 21.6. The predicted molar refractivity (Wildman–Crippen MR) is 118 cm³/mol. The van der Waals surface area contributed by atoms with Gasteiger partial charge in [0.15, 0.2) is 0 Å². The van der Waals surface area contributed by atoms with Crippen molar-refractivity contribution in [2.75, 3.05) is 11.1 Å². The van der Waals surface area contributed by atoms with Gasteiger partial charge < -0.3 is 10.1 Å². The van der Waals surface area contributed by atoms with Crippen LogP contribution < -0.4 is 20.4 Å². The van der Waals surface area contributed by atoms with Crippen LogP contribution in [0, 0.1) is 6.92 Å². The third-order valence-corrected chi connectivity index (χ3v) is 5.39. The average Bonchev–Trinajstić information content (AvgIpc) is 3.15. The van der Waals surface area contributed by atoms with E-state index < -0.39 is 5.63 Å². The molecule has 0 fully saturated rings. The Morgan fingerprint density at radius 3 is 2.39 bits per heavy atom. The summed E-state index contributed by atoms with van der Waals surface area (Å²) in [4.78, 5) is 24.4. The molecule has 0 unspecified atom stereocenters. The zero-order valence-corrected chi connectivity index (χ0v) is 17.5. The number of hydrogen-bond donors (Lipinski definition) is 2. The van der Waals surface area contributed by atoms with Gasteiger partial charge in [-0.2, -0.15) is 0 Å². The maximum absolute atomic E-state index is 12.4. The highest BCUT2D eigenvalue weighted by Gasteiger charge is 2.24. The summed E-state index contributed by atoms with van der Waals surface area (Å²) in [6, 6.07) is 24.1. The van der Waals surface area contributed by atoms with Gasteiger partial charge >= 0.3 is 10.7 Å². The van der Waals surface area contributed by atoms with Gasteiger partial charge in [0.2, 0.25) is 11.6 Å². The lowest BCUT2D eigenvalue weighted by Gasteiger charge is -2.07. The number of aryl methyl sites for hydroxylation is 1. The van der Waals surface area contributed by atoms with Crippen LogP contribution in [0.25, 0.3) is 5.69 Å². The van der Waals surface area contributed by atoms with Gasteiger partial charge in [-0.05, 0) is 65.0 Å². The zero-order valence-electron chi connectivity index (χ0n) is 16.7. The summed E-state index contributed by atoms with van der Waals surface area (Å²) in [5.41, 5.74) is 1.96. The van der Waals surface area contributed by atoms with E-state index in [9.17, 15) is 9.59 Å². The minimum absolute atomic E-state index is 0.0523. The van der Waals surface area contributed by atoms with Crippen LogP contribution in [0.15, 0.2) is 93.2 Å². The Morgan fingerprint density at radius 1 is 1.00 bits per heavy atom. The van der Waals surface area contributed by atoms with Crippen LogP contribution in [0.3, 0.4) is 0 Å². The van der Waals surface area contributed by atoms with E-state index in [-0.39, 0.29) is 11.7 Å². The van der Waals surface area contributed by atoms with E-state index in [4.69, 9.17) is 9.26 Å². The molecule has 0 aliphatic carbocycles. The molecule has 0 spiro atoms. The average molecular weight is 434 g/mol. The van der Waals surface area contributed by atoms with E-state index in [0.717, 1.165) is 28.8 Å². The Hall–Kier alpha value is -3.78. The Bertz CT molecular complexity index is 1220. The lowest BCUT2D eigenvalue weighted by atomic mass is 10.2. The first-order valence-corrected chi connectivity index (χ1v) is 10.5. The second kappa shape index (κ2) is 9.36. The number of hydrogen-bond acceptors (Lipinski definition) is 5. The Labute approximate surface area is 182 Å². The molecule has 1 amide bonds. The van der Waals surface area contributed by atoms with E-state index in [0.29, 0.717) is 16.5 Å². The number of H-pyrrole nitrogens is 1. The Kier molecular flexibility index (Phi) is 6.18. The van der Waals surface area contributed by atoms with Gasteiger partial charge in [-0.15, -0.1) is 0 Å². The maximum atomic E-state index is 12.4. The van der Waals surface area contributed by atoms with Gasteiger partial charge in [0.05, 0.1) is 5.75 Å². The number of aromatic amines is 1. The number of aromatic nitrogens is 2. The minimum atomic E-state index is -0.527. The largest absolute Gasteiger partial charge is 0.457 e. The van der Waals surface area contributed by atoms with Crippen LogP contribution in [-0.2, 0) is 4.79 Å². The molecule has 31 heavy (non-hydrogen) atoms. The molecule has 156 valence electrons. The van der Waals surface area contributed by atoms with Crippen LogP contribution in [0.1, 0.15) is 5.56 Å². The van der Waals surface area contributed by atoms with Crippen LogP contribution in [0.2, 0.25) is 0 Å². The number of carbonyl (C=O) groups excluding carboxylic acids is 1. The summed E-state index contributed by atoms with van der Waals surface area (Å²) in [6.07, 6.45) is 0. The molecule has 8 heteroatoms. The highest BCUT2D eigenvalue weighted by Crippen LogP contribution is 2.23. The summed E-state index contributed by atoms with van der Waals surface area (Å²) < 4.78 is 12.2. The van der Waals surface area contributed by atoms with Gasteiger partial charge in [-0.1, -0.05) is 35.9 Å². The third kappa shape index (κ3) is 5.23. The molecule has 4 aromatic rings. The van der Waals surface area contributed by atoms with Crippen LogP contribution in [0.4, 0.5) is 5.69 Å². The number of rotatable bonds is 7. The van der Waals surface area contributed by atoms with Crippen molar-refractivity contribution in [1.29, 1.82) is 0 Å². The molecule has 0 radical (unpaired) electrons. The number of thioether (sulfide) groups is 1. The number of carbonyl (C=O) groups is 1. The molecule has 0 atom stereocenters. The van der Waals surface area contributed by atoms with Gasteiger partial charge in [0.1, 0.15) is 11.5 Å². The first-order valence-electron chi connectivity index (χ1n) is 9.55. The number of nitrogens with zero attached hydrogens (tertiary/aromatic N) is 1. The van der Waals surface area contributed by atoms with E-state index >= 15 is 0 Å². The van der Waals surface area contributed by atoms with Crippen molar-refractivity contribution in [2.24, 2.45) is 0 Å². The molecule has 1 aromatic heterocycles. The van der Waals surface area contributed by atoms with Crippen molar-refractivity contribution in [2.45, 2.75) is 11.9 Å². The Balaban J connectivity index is 1.36. The van der Waals surface area contributed by atoms with Crippen LogP contribution in [-0.4, -0.2) is 16.9 Å². The minimum Gasteiger partial charge on any atom is -0.457 e. The molecule has 4 rings (SSSR count). The molecule has 0 saturated carbocycles. The van der Waals surface area contributed by atoms with Crippen molar-refractivity contribution in [3.05, 3.63) is 94.8 Å². The first kappa shape index (κ1) is 20.5. The van der Waals surface area contributed by atoms with E-state index in [2.05, 4.69) is 10.6 Å². The first-order chi connectivity index (χ1) is 15.1. The van der Waals surface area contributed by atoms with Crippen LogP contribution >= 0.6 is 11.8 Å². The molecular weight excluding hydrogens is 414 g/mol. The summed E-state index contributed by atoms with van der Waals surface area (Å²) in [5.74, 6) is 1.22. The summed E-state index contributed by atoms with van der Waals surface area (Å²) in [6.45, 7) is 1.98. The number of benzene rings is 3. The highest BCUT2D eigenvalue weighted by molar-refractivity contribution is 7.99. The number of anilines is 1. The fourth-order valence-corrected chi connectivity index (χ4v) is 3.58. The van der Waals surface area contributed by atoms with Gasteiger partial charge in [0.25, 0.3) is 0 Å². The normalized spacial score (nSPS) is 10.6. The standard InChI is InChI=1S/C23H19N3O4S/c1-16-7-11-18(12-8-16)26-22(23(28)30-25-26)31-15-21(27)24-17-9-13-20(14-10-17)29-19-5-3-2-4-6-19/h2-14H,15H2,1H3,(H-,24,25,27,28)/p+1. The number of nitrogens with one attached hydrogen (secondary N) is 2. The van der Waals surface area contributed by atoms with E-state index in [1.165, 1.54) is 4.68 Å². The summed E-state index contributed by atoms with van der Waals surface area (Å²) >= 11 is 1.10. The predicted octanol–water partition coefficient (Wildman–Crippen LogP) is 4.08. The fraction of sp³-hybridized carbons (Fsp3) is 0.0870. The summed E-state index contributed by atoms with van der Waals surface area (Å²) in [7, 11) is 0. The lowest BCUT2D eigenvalue weighted by Crippen LogP contribution is -2.36. The fourth-order valence-electron chi connectivity index (χ4n) is 2.81. The molecule has 2 N–H and O–H groups in total. The quantitative estimate of drug-likeness (QED) is 0.338. The molecule has 0 aliphatic rings. The number of ether oxygens (including phenoxy) is 1. The molecule has 7 nitrogen and oxygen atoms in total. The second-order valence-corrected chi connectivity index (χ2v) is 7.70. The third-order valence-electron chi connectivity index (χ3n) is 4.36.